The molecular weight excluding hydrogens is 182 g/mol. The summed E-state index contributed by atoms with van der Waals surface area (Å²) in [6, 6.07) is 0.273. The minimum Gasteiger partial charge on any atom is -0.353 e. The Balaban J connectivity index is 2.23. The third-order valence-electron chi connectivity index (χ3n) is 1.87. The van der Waals surface area contributed by atoms with Crippen molar-refractivity contribution in [2.45, 2.75) is 19.5 Å². The summed E-state index contributed by atoms with van der Waals surface area (Å²) in [5.41, 5.74) is 0. The molecule has 0 bridgehead atoms. The van der Waals surface area contributed by atoms with Gasteiger partial charge < -0.3 is 10.6 Å². The van der Waals surface area contributed by atoms with Crippen LogP contribution >= 0.6 is 0 Å². The molecule has 6 heteroatoms. The summed E-state index contributed by atoms with van der Waals surface area (Å²) >= 11 is 0. The van der Waals surface area contributed by atoms with E-state index in [9.17, 15) is 4.79 Å². The van der Waals surface area contributed by atoms with Crippen molar-refractivity contribution < 1.29 is 4.79 Å². The SMILES string of the molecule is CNC(C)CNC(=O)Cn1cncn1. The molecule has 0 fully saturated rings. The number of likely N-dealkylation sites (N-methyl/N-ethyl adjacent to an activating group) is 1. The van der Waals surface area contributed by atoms with Gasteiger partial charge in [-0.15, -0.1) is 0 Å². The Kier molecular flexibility index (Phi) is 4.06. The number of carbonyl (C=O) groups is 1. The predicted molar refractivity (Wildman–Crippen MR) is 51.6 cm³/mol. The molecule has 1 atom stereocenters. The fourth-order valence-electron chi connectivity index (χ4n) is 0.886. The van der Waals surface area contributed by atoms with E-state index < -0.39 is 0 Å². The number of nitrogens with one attached hydrogen (secondary N) is 2. The van der Waals surface area contributed by atoms with Gasteiger partial charge in [-0.05, 0) is 14.0 Å². The lowest BCUT2D eigenvalue weighted by atomic mass is 10.3. The third-order valence-corrected chi connectivity index (χ3v) is 1.87. The topological polar surface area (TPSA) is 71.8 Å². The lowest BCUT2D eigenvalue weighted by Crippen LogP contribution is -2.38. The lowest BCUT2D eigenvalue weighted by molar-refractivity contribution is -0.121. The summed E-state index contributed by atoms with van der Waals surface area (Å²) in [5, 5.41) is 9.64. The maximum Gasteiger partial charge on any atom is 0.241 e. The van der Waals surface area contributed by atoms with Crippen LogP contribution < -0.4 is 10.6 Å². The molecule has 0 radical (unpaired) electrons. The fraction of sp³-hybridized carbons (Fsp3) is 0.625. The molecule has 1 aromatic rings. The Labute approximate surface area is 82.7 Å². The van der Waals surface area contributed by atoms with E-state index in [0.717, 1.165) is 0 Å². The first-order valence-electron chi connectivity index (χ1n) is 4.48. The minimum absolute atomic E-state index is 0.0578. The van der Waals surface area contributed by atoms with E-state index in [1.54, 1.807) is 0 Å². The van der Waals surface area contributed by atoms with Gasteiger partial charge >= 0.3 is 0 Å². The molecule has 78 valence electrons. The lowest BCUT2D eigenvalue weighted by Gasteiger charge is -2.10. The maximum absolute atomic E-state index is 11.3. The van der Waals surface area contributed by atoms with Crippen LogP contribution in [0.25, 0.3) is 0 Å². The standard InChI is InChI=1S/C8H15N5O/c1-7(9-2)3-11-8(14)4-13-6-10-5-12-13/h5-7,9H,3-4H2,1-2H3,(H,11,14). The van der Waals surface area contributed by atoms with Crippen molar-refractivity contribution >= 4 is 5.91 Å². The molecule has 1 unspecified atom stereocenters. The Bertz CT molecular complexity index is 271. The molecule has 1 aromatic heterocycles. The van der Waals surface area contributed by atoms with Crippen molar-refractivity contribution in [3.8, 4) is 0 Å². The van der Waals surface area contributed by atoms with Crippen LogP contribution in [0.15, 0.2) is 12.7 Å². The second-order valence-corrected chi connectivity index (χ2v) is 3.09. The second-order valence-electron chi connectivity index (χ2n) is 3.09. The van der Waals surface area contributed by atoms with Gasteiger partial charge in [0.2, 0.25) is 5.91 Å². The Morgan fingerprint density at radius 1 is 1.64 bits per heavy atom. The van der Waals surface area contributed by atoms with E-state index in [-0.39, 0.29) is 18.5 Å². The normalized spacial score (nSPS) is 12.4. The molecule has 14 heavy (non-hydrogen) atoms. The van der Waals surface area contributed by atoms with Gasteiger partial charge in [0.25, 0.3) is 0 Å². The zero-order valence-electron chi connectivity index (χ0n) is 8.40. The number of rotatable bonds is 5. The summed E-state index contributed by atoms with van der Waals surface area (Å²) in [6.45, 7) is 2.83. The number of amides is 1. The van der Waals surface area contributed by atoms with Gasteiger partial charge in [-0.3, -0.25) is 4.79 Å². The molecule has 0 aliphatic carbocycles. The highest BCUT2D eigenvalue weighted by atomic mass is 16.2. The minimum atomic E-state index is -0.0578. The summed E-state index contributed by atoms with van der Waals surface area (Å²) in [7, 11) is 1.86. The molecule has 1 heterocycles. The zero-order chi connectivity index (χ0) is 10.4. The van der Waals surface area contributed by atoms with Gasteiger partial charge in [-0.1, -0.05) is 0 Å². The van der Waals surface area contributed by atoms with Crippen LogP contribution in [0.2, 0.25) is 0 Å². The van der Waals surface area contributed by atoms with E-state index in [1.807, 2.05) is 14.0 Å². The Morgan fingerprint density at radius 3 is 3.00 bits per heavy atom. The van der Waals surface area contributed by atoms with E-state index in [4.69, 9.17) is 0 Å². The monoisotopic (exact) mass is 197 g/mol. The second kappa shape index (κ2) is 5.33. The van der Waals surface area contributed by atoms with E-state index in [1.165, 1.54) is 17.3 Å². The smallest absolute Gasteiger partial charge is 0.241 e. The predicted octanol–water partition coefficient (Wildman–Crippen LogP) is -0.998. The summed E-state index contributed by atoms with van der Waals surface area (Å²) in [5.74, 6) is -0.0578. The molecule has 0 aromatic carbocycles. The molecule has 6 nitrogen and oxygen atoms in total. The van der Waals surface area contributed by atoms with Gasteiger partial charge in [0.15, 0.2) is 0 Å². The van der Waals surface area contributed by atoms with Gasteiger partial charge in [-0.25, -0.2) is 9.67 Å². The molecule has 0 spiro atoms. The highest BCUT2D eigenvalue weighted by Gasteiger charge is 2.04. The van der Waals surface area contributed by atoms with Crippen molar-refractivity contribution in [2.75, 3.05) is 13.6 Å². The third kappa shape index (κ3) is 3.53. The van der Waals surface area contributed by atoms with Gasteiger partial charge in [0, 0.05) is 12.6 Å². The summed E-state index contributed by atoms with van der Waals surface area (Å²) in [4.78, 5) is 15.0. The van der Waals surface area contributed by atoms with E-state index >= 15 is 0 Å². The van der Waals surface area contributed by atoms with E-state index in [2.05, 4.69) is 20.7 Å². The summed E-state index contributed by atoms with van der Waals surface area (Å²) < 4.78 is 1.49. The molecular formula is C8H15N5O. The van der Waals surface area contributed by atoms with Crippen LogP contribution in [0.3, 0.4) is 0 Å². The fourth-order valence-corrected chi connectivity index (χ4v) is 0.886. The first kappa shape index (κ1) is 10.6. The van der Waals surface area contributed by atoms with Crippen molar-refractivity contribution in [1.82, 2.24) is 25.4 Å². The molecule has 1 amide bonds. The highest BCUT2D eigenvalue weighted by molar-refractivity contribution is 5.75. The summed E-state index contributed by atoms with van der Waals surface area (Å²) in [6.07, 6.45) is 2.92. The largest absolute Gasteiger partial charge is 0.353 e. The first-order valence-corrected chi connectivity index (χ1v) is 4.48. The molecule has 0 aliphatic rings. The first-order chi connectivity index (χ1) is 6.72. The quantitative estimate of drug-likeness (QED) is 0.635. The number of hydrogen-bond donors (Lipinski definition) is 2. The van der Waals surface area contributed by atoms with Gasteiger partial charge in [0.1, 0.15) is 19.2 Å². The Hall–Kier alpha value is -1.43. The molecule has 0 aliphatic heterocycles. The van der Waals surface area contributed by atoms with Gasteiger partial charge in [-0.2, -0.15) is 5.10 Å². The van der Waals surface area contributed by atoms with Crippen LogP contribution in [0.1, 0.15) is 6.92 Å². The molecule has 0 saturated carbocycles. The van der Waals surface area contributed by atoms with Crippen LogP contribution in [0.4, 0.5) is 0 Å². The van der Waals surface area contributed by atoms with Crippen molar-refractivity contribution in [3.63, 3.8) is 0 Å². The van der Waals surface area contributed by atoms with Crippen LogP contribution in [-0.2, 0) is 11.3 Å². The number of carbonyl (C=O) groups excluding carboxylic acids is 1. The number of nitrogens with zero attached hydrogens (tertiary/aromatic N) is 3. The highest BCUT2D eigenvalue weighted by Crippen LogP contribution is 1.81. The van der Waals surface area contributed by atoms with Crippen molar-refractivity contribution in [1.29, 1.82) is 0 Å². The number of aromatic nitrogens is 3. The maximum atomic E-state index is 11.3. The zero-order valence-corrected chi connectivity index (χ0v) is 8.40. The molecule has 0 saturated heterocycles. The average molecular weight is 197 g/mol. The van der Waals surface area contributed by atoms with Crippen LogP contribution in [-0.4, -0.2) is 40.3 Å². The molecule has 2 N–H and O–H groups in total. The van der Waals surface area contributed by atoms with Crippen molar-refractivity contribution in [2.24, 2.45) is 0 Å². The molecule has 1 rings (SSSR count). The van der Waals surface area contributed by atoms with E-state index in [0.29, 0.717) is 6.54 Å². The van der Waals surface area contributed by atoms with Crippen molar-refractivity contribution in [3.05, 3.63) is 12.7 Å². The van der Waals surface area contributed by atoms with Crippen LogP contribution in [0, 0.1) is 0 Å². The average Bonchev–Trinajstić information content (AvgIpc) is 2.66. The Morgan fingerprint density at radius 2 is 2.43 bits per heavy atom. The van der Waals surface area contributed by atoms with Crippen LogP contribution in [0.5, 0.6) is 0 Å². The number of hydrogen-bond acceptors (Lipinski definition) is 4. The van der Waals surface area contributed by atoms with Gasteiger partial charge in [0.05, 0.1) is 0 Å².